The molecule has 1 aromatic rings. The fourth-order valence-electron chi connectivity index (χ4n) is 5.48. The first kappa shape index (κ1) is 17.3. The molecule has 3 aliphatic rings. The molecular formula is C19H23N3O4. The SMILES string of the molecule is COc1cccc2c1[C@H](CO)N1[C@@H](C#N)[C@H]3C[C@@H](C(=O)O)[C@@H]([C@@H]1C2)N3C. The maximum Gasteiger partial charge on any atom is 0.308 e. The monoisotopic (exact) mass is 357 g/mol. The van der Waals surface area contributed by atoms with Crippen LogP contribution in [0.5, 0.6) is 5.75 Å². The third-order valence-electron chi connectivity index (χ3n) is 6.48. The first-order valence-electron chi connectivity index (χ1n) is 8.91. The number of hydrogen-bond donors (Lipinski definition) is 2. The van der Waals surface area contributed by atoms with Crippen molar-refractivity contribution >= 4 is 5.97 Å². The van der Waals surface area contributed by atoms with Gasteiger partial charge >= 0.3 is 5.97 Å². The molecule has 1 aromatic carbocycles. The number of hydrogen-bond acceptors (Lipinski definition) is 6. The number of carbonyl (C=O) groups is 1. The van der Waals surface area contributed by atoms with E-state index in [4.69, 9.17) is 4.74 Å². The van der Waals surface area contributed by atoms with Crippen LogP contribution in [-0.4, -0.2) is 70.9 Å². The number of aliphatic hydroxyl groups excluding tert-OH is 1. The van der Waals surface area contributed by atoms with Gasteiger partial charge in [0.2, 0.25) is 0 Å². The summed E-state index contributed by atoms with van der Waals surface area (Å²) in [5, 5.41) is 29.8. The lowest BCUT2D eigenvalue weighted by atomic mass is 9.80. The molecule has 0 radical (unpaired) electrons. The molecule has 2 bridgehead atoms. The summed E-state index contributed by atoms with van der Waals surface area (Å²) < 4.78 is 5.52. The average molecular weight is 357 g/mol. The Hall–Kier alpha value is -2.14. The molecule has 0 aromatic heterocycles. The Balaban J connectivity index is 1.87. The summed E-state index contributed by atoms with van der Waals surface area (Å²) in [7, 11) is 3.53. The fraction of sp³-hybridized carbons (Fsp3) is 0.579. The molecule has 7 nitrogen and oxygen atoms in total. The molecule has 3 heterocycles. The lowest BCUT2D eigenvalue weighted by Gasteiger charge is -2.54. The van der Waals surface area contributed by atoms with Gasteiger partial charge in [0.15, 0.2) is 0 Å². The standard InChI is InChI=1S/C19H23N3O4/c1-21-12-7-11(19(24)25)18(21)13-6-10-4-3-5-16(26-2)17(10)15(9-23)22(13)14(12)8-20/h3-5,11-15,18,23H,6-7,9H2,1-2H3,(H,24,25)/t11-,12-,13+,14+,15+,18+/m1/s1. The number of methoxy groups -OCH3 is 1. The number of ether oxygens (including phenoxy) is 1. The number of carboxylic acids is 1. The third kappa shape index (κ3) is 2.19. The Kier molecular flexibility index (Phi) is 4.14. The van der Waals surface area contributed by atoms with Crippen LogP contribution in [-0.2, 0) is 11.2 Å². The van der Waals surface area contributed by atoms with Gasteiger partial charge in [0.25, 0.3) is 0 Å². The number of nitriles is 1. The normalized spacial score (nSPS) is 36.1. The number of piperazine rings is 1. The van der Waals surface area contributed by atoms with E-state index in [0.29, 0.717) is 18.6 Å². The minimum atomic E-state index is -0.806. The Bertz CT molecular complexity index is 777. The van der Waals surface area contributed by atoms with Crippen LogP contribution in [0, 0.1) is 17.2 Å². The smallest absolute Gasteiger partial charge is 0.308 e. The molecule has 2 N–H and O–H groups in total. The number of fused-ring (bicyclic) bond motifs is 5. The minimum Gasteiger partial charge on any atom is -0.496 e. The zero-order valence-electron chi connectivity index (χ0n) is 14.9. The van der Waals surface area contributed by atoms with Gasteiger partial charge in [-0.2, -0.15) is 5.26 Å². The number of benzene rings is 1. The van der Waals surface area contributed by atoms with Gasteiger partial charge in [0, 0.05) is 23.7 Å². The van der Waals surface area contributed by atoms with E-state index in [1.807, 2.05) is 25.2 Å². The van der Waals surface area contributed by atoms with Crippen molar-refractivity contribution in [1.82, 2.24) is 9.80 Å². The van der Waals surface area contributed by atoms with Crippen LogP contribution >= 0.6 is 0 Å². The molecule has 0 spiro atoms. The summed E-state index contributed by atoms with van der Waals surface area (Å²) in [5.41, 5.74) is 1.98. The molecule has 0 amide bonds. The lowest BCUT2D eigenvalue weighted by molar-refractivity contribution is -0.144. The van der Waals surface area contributed by atoms with Crippen LogP contribution in [0.3, 0.4) is 0 Å². The van der Waals surface area contributed by atoms with Crippen LogP contribution in [0.15, 0.2) is 18.2 Å². The molecular weight excluding hydrogens is 334 g/mol. The van der Waals surface area contributed by atoms with Gasteiger partial charge < -0.3 is 14.9 Å². The second kappa shape index (κ2) is 6.23. The highest BCUT2D eigenvalue weighted by atomic mass is 16.5. The van der Waals surface area contributed by atoms with E-state index >= 15 is 0 Å². The quantitative estimate of drug-likeness (QED) is 0.819. The Morgan fingerprint density at radius 3 is 2.81 bits per heavy atom. The summed E-state index contributed by atoms with van der Waals surface area (Å²) in [6.45, 7) is -0.136. The third-order valence-corrected chi connectivity index (χ3v) is 6.48. The van der Waals surface area contributed by atoms with Crippen LogP contribution in [0.2, 0.25) is 0 Å². The van der Waals surface area contributed by atoms with E-state index in [-0.39, 0.29) is 30.8 Å². The molecule has 0 unspecified atom stereocenters. The van der Waals surface area contributed by atoms with E-state index in [0.717, 1.165) is 11.1 Å². The van der Waals surface area contributed by atoms with Gasteiger partial charge in [-0.1, -0.05) is 12.1 Å². The Morgan fingerprint density at radius 2 is 2.19 bits per heavy atom. The van der Waals surface area contributed by atoms with Crippen LogP contribution in [0.4, 0.5) is 0 Å². The predicted octanol–water partition coefficient (Wildman–Crippen LogP) is 0.635. The predicted molar refractivity (Wildman–Crippen MR) is 92.6 cm³/mol. The van der Waals surface area contributed by atoms with Crippen molar-refractivity contribution in [2.45, 2.75) is 43.1 Å². The van der Waals surface area contributed by atoms with Crippen molar-refractivity contribution in [1.29, 1.82) is 5.26 Å². The van der Waals surface area contributed by atoms with Crippen molar-refractivity contribution in [2.24, 2.45) is 5.92 Å². The van der Waals surface area contributed by atoms with Gasteiger partial charge in [-0.3, -0.25) is 14.6 Å². The van der Waals surface area contributed by atoms with Crippen LogP contribution in [0.1, 0.15) is 23.6 Å². The van der Waals surface area contributed by atoms with E-state index < -0.39 is 17.9 Å². The number of rotatable bonds is 3. The van der Waals surface area contributed by atoms with Crippen molar-refractivity contribution in [2.75, 3.05) is 20.8 Å². The molecule has 0 aliphatic carbocycles. The summed E-state index contributed by atoms with van der Waals surface area (Å²) in [6, 6.07) is 6.93. The second-order valence-corrected chi connectivity index (χ2v) is 7.43. The summed E-state index contributed by atoms with van der Waals surface area (Å²) in [5.74, 6) is -0.597. The van der Waals surface area contributed by atoms with Gasteiger partial charge in [-0.25, -0.2) is 0 Å². The summed E-state index contributed by atoms with van der Waals surface area (Å²) >= 11 is 0. The first-order chi connectivity index (χ1) is 12.5. The van der Waals surface area contributed by atoms with E-state index in [2.05, 4.69) is 15.9 Å². The molecule has 7 heteroatoms. The zero-order valence-corrected chi connectivity index (χ0v) is 14.9. The van der Waals surface area contributed by atoms with Crippen molar-refractivity contribution < 1.29 is 19.7 Å². The van der Waals surface area contributed by atoms with Gasteiger partial charge in [-0.05, 0) is 31.5 Å². The molecule has 6 atom stereocenters. The minimum absolute atomic E-state index is 0.124. The molecule has 0 saturated carbocycles. The number of aliphatic hydroxyl groups is 1. The van der Waals surface area contributed by atoms with Crippen molar-refractivity contribution in [3.05, 3.63) is 29.3 Å². The molecule has 138 valence electrons. The lowest BCUT2D eigenvalue weighted by Crippen LogP contribution is -2.67. The zero-order chi connectivity index (χ0) is 18.6. The molecule has 2 fully saturated rings. The highest BCUT2D eigenvalue weighted by molar-refractivity contribution is 5.72. The Morgan fingerprint density at radius 1 is 1.42 bits per heavy atom. The van der Waals surface area contributed by atoms with Crippen LogP contribution < -0.4 is 4.74 Å². The number of likely N-dealkylation sites (N-methyl/N-ethyl adjacent to an activating group) is 1. The largest absolute Gasteiger partial charge is 0.496 e. The summed E-state index contributed by atoms with van der Waals surface area (Å²) in [6.07, 6.45) is 1.11. The van der Waals surface area contributed by atoms with Crippen molar-refractivity contribution in [3.63, 3.8) is 0 Å². The molecule has 3 aliphatic heterocycles. The maximum atomic E-state index is 11.9. The molecule has 2 saturated heterocycles. The first-order valence-corrected chi connectivity index (χ1v) is 8.91. The number of carboxylic acid groups (broad SMARTS) is 1. The van der Waals surface area contributed by atoms with E-state index in [1.165, 1.54) is 0 Å². The maximum absolute atomic E-state index is 11.9. The number of aliphatic carboxylic acids is 1. The van der Waals surface area contributed by atoms with Crippen LogP contribution in [0.25, 0.3) is 0 Å². The fourth-order valence-corrected chi connectivity index (χ4v) is 5.48. The highest BCUT2D eigenvalue weighted by Gasteiger charge is 2.59. The molecule has 26 heavy (non-hydrogen) atoms. The van der Waals surface area contributed by atoms with Gasteiger partial charge in [0.1, 0.15) is 11.8 Å². The topological polar surface area (TPSA) is 97.0 Å². The van der Waals surface area contributed by atoms with E-state index in [1.54, 1.807) is 7.11 Å². The van der Waals surface area contributed by atoms with Gasteiger partial charge in [-0.15, -0.1) is 0 Å². The average Bonchev–Trinajstić information content (AvgIpc) is 2.90. The second-order valence-electron chi connectivity index (χ2n) is 7.43. The summed E-state index contributed by atoms with van der Waals surface area (Å²) in [4.78, 5) is 16.0. The Labute approximate surface area is 152 Å². The number of nitrogens with zero attached hydrogens (tertiary/aromatic N) is 3. The molecule has 4 rings (SSSR count). The highest BCUT2D eigenvalue weighted by Crippen LogP contribution is 2.49. The van der Waals surface area contributed by atoms with E-state index in [9.17, 15) is 20.3 Å². The van der Waals surface area contributed by atoms with Gasteiger partial charge in [0.05, 0.1) is 31.7 Å². The van der Waals surface area contributed by atoms with Crippen molar-refractivity contribution in [3.8, 4) is 11.8 Å².